The van der Waals surface area contributed by atoms with Crippen molar-refractivity contribution in [2.45, 2.75) is 110 Å². The molecule has 6 aromatic rings. The first-order valence-corrected chi connectivity index (χ1v) is 24.9. The van der Waals surface area contributed by atoms with Crippen LogP contribution in [0.2, 0.25) is 5.02 Å². The molecule has 4 atom stereocenters. The molecule has 0 radical (unpaired) electrons. The summed E-state index contributed by atoms with van der Waals surface area (Å²) >= 11 is 9.51. The maximum atomic E-state index is 14.1. The average molecular weight is 981 g/mol. The number of rotatable bonds is 16. The van der Waals surface area contributed by atoms with Gasteiger partial charge in [-0.2, -0.15) is 0 Å². The first-order valence-electron chi connectivity index (χ1n) is 22.8. The predicted octanol–water partition coefficient (Wildman–Crippen LogP) is 7.37. The fraction of sp³-hybridized carbons (Fsp3) is 0.429. The Balaban J connectivity index is 0.744. The Bertz CT molecular complexity index is 2830. The number of nitrogens with one attached hydrogen (secondary N) is 2. The normalized spacial score (nSPS) is 20.3. The number of fused-ring (bicyclic) bond motifs is 3. The Morgan fingerprint density at radius 2 is 1.74 bits per heavy atom. The van der Waals surface area contributed by atoms with Crippen LogP contribution in [0.4, 0.5) is 0 Å². The number of aromatic nitrogens is 5. The van der Waals surface area contributed by atoms with Gasteiger partial charge in [-0.3, -0.25) is 23.9 Å². The van der Waals surface area contributed by atoms with Gasteiger partial charge in [0.05, 0.1) is 47.0 Å². The van der Waals surface area contributed by atoms with E-state index in [1.165, 1.54) is 9.78 Å². The summed E-state index contributed by atoms with van der Waals surface area (Å²) in [6.45, 7) is 12.6. The molecule has 1 aliphatic carbocycles. The van der Waals surface area contributed by atoms with Gasteiger partial charge in [-0.05, 0) is 80.4 Å². The van der Waals surface area contributed by atoms with Gasteiger partial charge in [0.1, 0.15) is 35.4 Å². The number of β-amino-alcohol motifs (C(OH)–C–C–N with tert-alkyl or cyclic N) is 1. The first-order chi connectivity index (χ1) is 32.7. The number of aliphatic imine (C=N–C) groups is 1. The number of aryl methyl sites for hydroxylation is 3. The summed E-state index contributed by atoms with van der Waals surface area (Å²) in [7, 11) is 0. The van der Waals surface area contributed by atoms with Gasteiger partial charge in [-0.15, -0.1) is 32.9 Å². The van der Waals surface area contributed by atoms with Crippen molar-refractivity contribution in [1.29, 1.82) is 0 Å². The van der Waals surface area contributed by atoms with Gasteiger partial charge in [-0.25, -0.2) is 4.98 Å². The van der Waals surface area contributed by atoms with E-state index in [0.29, 0.717) is 29.4 Å². The van der Waals surface area contributed by atoms with Gasteiger partial charge < -0.3 is 34.6 Å². The Kier molecular flexibility index (Phi) is 13.9. The van der Waals surface area contributed by atoms with Crippen LogP contribution in [0.1, 0.15) is 102 Å². The van der Waals surface area contributed by atoms with Crippen molar-refractivity contribution >= 4 is 57.7 Å². The molecule has 4 aromatic heterocycles. The number of hydrogen-bond donors (Lipinski definition) is 3. The van der Waals surface area contributed by atoms with Gasteiger partial charge in [0, 0.05) is 52.6 Å². The number of amides is 3. The summed E-state index contributed by atoms with van der Waals surface area (Å²) in [6.07, 6.45) is 0.639. The fourth-order valence-electron chi connectivity index (χ4n) is 9.14. The third-order valence-corrected chi connectivity index (χ3v) is 15.3. The molecular formula is C49H54ClN9O7S2. The Morgan fingerprint density at radius 3 is 2.46 bits per heavy atom. The lowest BCUT2D eigenvalue weighted by atomic mass is 9.89. The van der Waals surface area contributed by atoms with Crippen LogP contribution in [0.5, 0.6) is 5.88 Å². The van der Waals surface area contributed by atoms with Crippen molar-refractivity contribution in [2.24, 2.45) is 10.9 Å². The predicted molar refractivity (Wildman–Crippen MR) is 259 cm³/mol. The Morgan fingerprint density at radius 1 is 0.985 bits per heavy atom. The molecule has 356 valence electrons. The molecule has 2 fully saturated rings. The van der Waals surface area contributed by atoms with Crippen molar-refractivity contribution in [2.75, 3.05) is 19.8 Å². The van der Waals surface area contributed by atoms with Crippen molar-refractivity contribution < 1.29 is 33.5 Å². The second-order valence-corrected chi connectivity index (χ2v) is 20.5. The van der Waals surface area contributed by atoms with Crippen LogP contribution in [0.25, 0.3) is 15.4 Å². The van der Waals surface area contributed by atoms with E-state index in [9.17, 15) is 19.5 Å². The lowest BCUT2D eigenvalue weighted by Gasteiger charge is -2.35. The van der Waals surface area contributed by atoms with Crippen LogP contribution in [0.15, 0.2) is 69.6 Å². The third kappa shape index (κ3) is 9.87. The molecule has 16 nitrogen and oxygen atoms in total. The molecule has 1 saturated heterocycles. The van der Waals surface area contributed by atoms with Crippen molar-refractivity contribution in [3.05, 3.63) is 115 Å². The number of aliphatic hydroxyl groups is 1. The molecule has 3 aliphatic rings. The summed E-state index contributed by atoms with van der Waals surface area (Å²) in [6, 6.07) is 15.7. The number of benzene rings is 2. The highest BCUT2D eigenvalue weighted by atomic mass is 35.5. The number of thiophene rings is 1. The number of carbonyl (C=O) groups is 3. The second-order valence-electron chi connectivity index (χ2n) is 18.1. The molecule has 2 aliphatic heterocycles. The summed E-state index contributed by atoms with van der Waals surface area (Å²) in [5, 5.41) is 31.4. The molecule has 9 rings (SSSR count). The third-order valence-electron chi connectivity index (χ3n) is 12.9. The number of aliphatic hydroxyl groups excluding tert-OH is 1. The SMILES string of the molecule is Cc1ncsc1-c1ccc(CNC(=O)[C@@H]2C[C@@H](O)CN2C(=O)C(c2cc(OCCOC3CC(NC(=O)C[C@@H]4N=C(c5ccc(Cl)cc5)c5c(sc(C)c5C)-n5c(C)nnc54)C3)no2)C(C)C)cc1. The number of ether oxygens (including phenoxy) is 2. The maximum absolute atomic E-state index is 14.1. The minimum absolute atomic E-state index is 0.0321. The highest BCUT2D eigenvalue weighted by Gasteiger charge is 2.43. The molecule has 0 spiro atoms. The van der Waals surface area contributed by atoms with E-state index in [1.807, 2.05) is 86.3 Å². The van der Waals surface area contributed by atoms with E-state index < -0.39 is 24.1 Å². The van der Waals surface area contributed by atoms with Crippen LogP contribution >= 0.6 is 34.3 Å². The fourth-order valence-corrected chi connectivity index (χ4v) is 11.3. The second kappa shape index (κ2) is 20.0. The van der Waals surface area contributed by atoms with Gasteiger partial charge >= 0.3 is 0 Å². The summed E-state index contributed by atoms with van der Waals surface area (Å²) < 4.78 is 19.6. The molecule has 68 heavy (non-hydrogen) atoms. The molecule has 1 unspecified atom stereocenters. The van der Waals surface area contributed by atoms with E-state index in [4.69, 9.17) is 30.6 Å². The van der Waals surface area contributed by atoms with Crippen molar-refractivity contribution in [3.8, 4) is 21.3 Å². The number of halogens is 1. The van der Waals surface area contributed by atoms with E-state index in [1.54, 1.807) is 28.7 Å². The number of likely N-dealkylation sites (tertiary alicyclic amines) is 1. The largest absolute Gasteiger partial charge is 0.473 e. The first kappa shape index (κ1) is 47.3. The van der Waals surface area contributed by atoms with E-state index in [2.05, 4.69) is 44.8 Å². The molecule has 19 heteroatoms. The number of carbonyl (C=O) groups excluding carboxylic acids is 3. The Labute approximate surface area is 407 Å². The zero-order valence-electron chi connectivity index (χ0n) is 38.7. The van der Waals surface area contributed by atoms with Gasteiger partial charge in [0.2, 0.25) is 17.7 Å². The topological polar surface area (TPSA) is 199 Å². The zero-order valence-corrected chi connectivity index (χ0v) is 41.1. The van der Waals surface area contributed by atoms with Crippen LogP contribution in [0, 0.1) is 33.6 Å². The summed E-state index contributed by atoms with van der Waals surface area (Å²) in [4.78, 5) is 54.5. The average Bonchev–Trinajstić information content (AvgIpc) is 4.14. The van der Waals surface area contributed by atoms with Gasteiger partial charge in [0.15, 0.2) is 11.6 Å². The quantitative estimate of drug-likeness (QED) is 0.0819. The summed E-state index contributed by atoms with van der Waals surface area (Å²) in [5.74, 6) is 0.110. The van der Waals surface area contributed by atoms with Crippen LogP contribution in [-0.2, 0) is 25.7 Å². The highest BCUT2D eigenvalue weighted by molar-refractivity contribution is 7.15. The minimum atomic E-state index is -0.839. The molecule has 3 N–H and O–H groups in total. The lowest BCUT2D eigenvalue weighted by Crippen LogP contribution is -2.48. The molecule has 2 aromatic carbocycles. The summed E-state index contributed by atoms with van der Waals surface area (Å²) in [5.41, 5.74) is 8.61. The van der Waals surface area contributed by atoms with Crippen molar-refractivity contribution in [3.63, 3.8) is 0 Å². The number of hydrogen-bond acceptors (Lipinski definition) is 14. The highest BCUT2D eigenvalue weighted by Crippen LogP contribution is 2.40. The number of nitrogens with zero attached hydrogens (tertiary/aromatic N) is 7. The van der Waals surface area contributed by atoms with Crippen LogP contribution < -0.4 is 15.4 Å². The minimum Gasteiger partial charge on any atom is -0.473 e. The van der Waals surface area contributed by atoms with E-state index in [-0.39, 0.29) is 80.8 Å². The molecule has 0 bridgehead atoms. The molecule has 6 heterocycles. The lowest BCUT2D eigenvalue weighted by molar-refractivity contribution is -0.141. The maximum Gasteiger partial charge on any atom is 0.254 e. The van der Waals surface area contributed by atoms with Gasteiger partial charge in [0.25, 0.3) is 5.88 Å². The zero-order chi connectivity index (χ0) is 47.8. The van der Waals surface area contributed by atoms with Crippen molar-refractivity contribution in [1.82, 2.24) is 40.4 Å². The molecular weight excluding hydrogens is 926 g/mol. The number of thiazole rings is 1. The Hall–Kier alpha value is -5.79. The van der Waals surface area contributed by atoms with Gasteiger partial charge in [-0.1, -0.05) is 61.8 Å². The standard InChI is InChI=1S/C49H54ClN9O7S2/c1-25(2)42(48(63)58-23-35(60)19-38(58)47(62)51-22-30-7-9-32(10-8-30)45-27(4)52-24-67-45)39-21-41(57-66-39)65-16-15-64-36-17-34(18-36)53-40(61)20-37-46-56-55-29(6)59(46)49-43(26(3)28(5)68-49)44(54-37)31-11-13-33(50)14-12-31/h7-14,21,24-25,34-38,42,60H,15-20,22-23H2,1-6H3,(H,51,62)(H,53,61)/t34?,35-,36?,37+,38+,42?/m1/s1. The van der Waals surface area contributed by atoms with E-state index in [0.717, 1.165) is 54.9 Å². The molecule has 1 saturated carbocycles. The molecule has 3 amide bonds. The van der Waals surface area contributed by atoms with Crippen LogP contribution in [0.3, 0.4) is 0 Å². The van der Waals surface area contributed by atoms with Crippen LogP contribution in [-0.4, -0.2) is 102 Å². The monoisotopic (exact) mass is 979 g/mol. The van der Waals surface area contributed by atoms with E-state index >= 15 is 0 Å². The smallest absolute Gasteiger partial charge is 0.254 e.